The SMILES string of the molecule is COc1cc(/C=N\Nc2ncccc2[N+](=O)[O-])cc(I)c1OCC(=O)O. The second kappa shape index (κ2) is 8.94. The van der Waals surface area contributed by atoms with E-state index < -0.39 is 17.5 Å². The maximum Gasteiger partial charge on any atom is 0.341 e. The lowest BCUT2D eigenvalue weighted by atomic mass is 10.2. The second-order valence-electron chi connectivity index (χ2n) is 4.71. The van der Waals surface area contributed by atoms with Gasteiger partial charge in [-0.1, -0.05) is 0 Å². The van der Waals surface area contributed by atoms with E-state index in [1.807, 2.05) is 22.6 Å². The van der Waals surface area contributed by atoms with Crippen molar-refractivity contribution < 1.29 is 24.3 Å². The molecule has 0 bridgehead atoms. The third-order valence-electron chi connectivity index (χ3n) is 2.96. The van der Waals surface area contributed by atoms with E-state index in [9.17, 15) is 14.9 Å². The third-order valence-corrected chi connectivity index (χ3v) is 3.76. The van der Waals surface area contributed by atoms with Gasteiger partial charge in [-0.25, -0.2) is 9.78 Å². The Balaban J connectivity index is 2.19. The van der Waals surface area contributed by atoms with Crippen molar-refractivity contribution in [2.75, 3.05) is 19.1 Å². The summed E-state index contributed by atoms with van der Waals surface area (Å²) in [6.07, 6.45) is 2.83. The molecular formula is C15H13IN4O6. The number of carboxylic acid groups (broad SMARTS) is 1. The van der Waals surface area contributed by atoms with Crippen molar-refractivity contribution in [2.24, 2.45) is 5.10 Å². The maximum atomic E-state index is 10.9. The summed E-state index contributed by atoms with van der Waals surface area (Å²) in [5.74, 6) is -0.448. The van der Waals surface area contributed by atoms with E-state index in [4.69, 9.17) is 14.6 Å². The maximum absolute atomic E-state index is 10.9. The number of pyridine rings is 1. The zero-order valence-corrected chi connectivity index (χ0v) is 15.5. The van der Waals surface area contributed by atoms with Crippen LogP contribution in [0, 0.1) is 13.7 Å². The minimum atomic E-state index is -1.10. The number of nitrogens with one attached hydrogen (secondary N) is 1. The molecule has 0 atom stereocenters. The highest BCUT2D eigenvalue weighted by Gasteiger charge is 2.14. The van der Waals surface area contributed by atoms with Crippen molar-refractivity contribution in [1.29, 1.82) is 0 Å². The van der Waals surface area contributed by atoms with Crippen LogP contribution in [0.25, 0.3) is 0 Å². The molecule has 0 saturated carbocycles. The number of benzene rings is 1. The number of aliphatic carboxylic acids is 1. The first-order chi connectivity index (χ1) is 12.4. The molecule has 0 unspecified atom stereocenters. The molecule has 0 aliphatic carbocycles. The Kier molecular flexibility index (Phi) is 6.66. The summed E-state index contributed by atoms with van der Waals surface area (Å²) in [7, 11) is 1.43. The number of carbonyl (C=O) groups is 1. The van der Waals surface area contributed by atoms with Crippen molar-refractivity contribution in [3.63, 3.8) is 0 Å². The predicted octanol–water partition coefficient (Wildman–Crippen LogP) is 2.51. The van der Waals surface area contributed by atoms with Crippen molar-refractivity contribution in [2.45, 2.75) is 0 Å². The van der Waals surface area contributed by atoms with Crippen molar-refractivity contribution in [3.05, 3.63) is 49.7 Å². The number of hydrazone groups is 1. The van der Waals surface area contributed by atoms with Crippen LogP contribution in [-0.4, -0.2) is 40.9 Å². The number of aromatic nitrogens is 1. The number of hydrogen-bond donors (Lipinski definition) is 2. The molecule has 2 N–H and O–H groups in total. The van der Waals surface area contributed by atoms with Gasteiger partial charge in [0.25, 0.3) is 0 Å². The average molecular weight is 472 g/mol. The van der Waals surface area contributed by atoms with Gasteiger partial charge in [0.2, 0.25) is 5.82 Å². The first-order valence-corrected chi connectivity index (χ1v) is 8.11. The molecule has 2 rings (SSSR count). The van der Waals surface area contributed by atoms with E-state index in [1.54, 1.807) is 12.1 Å². The van der Waals surface area contributed by atoms with E-state index in [2.05, 4.69) is 15.5 Å². The Labute approximate surface area is 161 Å². The number of halogens is 1. The zero-order valence-electron chi connectivity index (χ0n) is 13.4. The Hall–Kier alpha value is -2.96. The molecular weight excluding hydrogens is 459 g/mol. The number of nitrogens with zero attached hydrogens (tertiary/aromatic N) is 3. The van der Waals surface area contributed by atoms with Crippen LogP contribution in [0.2, 0.25) is 0 Å². The van der Waals surface area contributed by atoms with Gasteiger partial charge in [0.15, 0.2) is 18.1 Å². The van der Waals surface area contributed by atoms with E-state index in [1.165, 1.54) is 31.7 Å². The van der Waals surface area contributed by atoms with Gasteiger partial charge in [0, 0.05) is 12.3 Å². The fourth-order valence-electron chi connectivity index (χ4n) is 1.89. The summed E-state index contributed by atoms with van der Waals surface area (Å²) in [6.45, 7) is -0.495. The molecule has 0 aliphatic heterocycles. The fraction of sp³-hybridized carbons (Fsp3) is 0.133. The molecule has 0 spiro atoms. The van der Waals surface area contributed by atoms with Crippen LogP contribution in [0.15, 0.2) is 35.6 Å². The zero-order chi connectivity index (χ0) is 19.1. The molecule has 0 fully saturated rings. The minimum Gasteiger partial charge on any atom is -0.493 e. The molecule has 10 nitrogen and oxygen atoms in total. The fourth-order valence-corrected chi connectivity index (χ4v) is 2.67. The highest BCUT2D eigenvalue weighted by atomic mass is 127. The minimum absolute atomic E-state index is 0.0109. The van der Waals surface area contributed by atoms with E-state index >= 15 is 0 Å². The first kappa shape index (κ1) is 19.4. The van der Waals surface area contributed by atoms with Crippen LogP contribution in [0.3, 0.4) is 0 Å². The van der Waals surface area contributed by atoms with Crippen LogP contribution in [0.1, 0.15) is 5.56 Å². The van der Waals surface area contributed by atoms with Gasteiger partial charge < -0.3 is 14.6 Å². The number of anilines is 1. The molecule has 0 aliphatic rings. The summed E-state index contributed by atoms with van der Waals surface area (Å²) >= 11 is 1.98. The molecule has 26 heavy (non-hydrogen) atoms. The smallest absolute Gasteiger partial charge is 0.341 e. The van der Waals surface area contributed by atoms with Crippen LogP contribution in [0.5, 0.6) is 11.5 Å². The van der Waals surface area contributed by atoms with E-state index in [-0.39, 0.29) is 11.5 Å². The number of methoxy groups -OCH3 is 1. The number of carboxylic acids is 1. The van der Waals surface area contributed by atoms with Crippen LogP contribution >= 0.6 is 22.6 Å². The number of ether oxygens (including phenoxy) is 2. The predicted molar refractivity (Wildman–Crippen MR) is 101 cm³/mol. The van der Waals surface area contributed by atoms with Gasteiger partial charge in [0.1, 0.15) is 0 Å². The van der Waals surface area contributed by atoms with Gasteiger partial charge in [0.05, 0.1) is 21.8 Å². The Morgan fingerprint density at radius 3 is 2.96 bits per heavy atom. The summed E-state index contributed by atoms with van der Waals surface area (Å²) in [5, 5.41) is 23.6. The van der Waals surface area contributed by atoms with Gasteiger partial charge in [-0.15, -0.1) is 0 Å². The molecule has 2 aromatic rings. The lowest BCUT2D eigenvalue weighted by Gasteiger charge is -2.12. The van der Waals surface area contributed by atoms with Crippen LogP contribution in [0.4, 0.5) is 11.5 Å². The van der Waals surface area contributed by atoms with Gasteiger partial charge >= 0.3 is 11.7 Å². The summed E-state index contributed by atoms with van der Waals surface area (Å²) in [4.78, 5) is 24.9. The molecule has 11 heteroatoms. The lowest BCUT2D eigenvalue weighted by molar-refractivity contribution is -0.384. The van der Waals surface area contributed by atoms with E-state index in [0.29, 0.717) is 20.6 Å². The topological polar surface area (TPSA) is 136 Å². The average Bonchev–Trinajstić information content (AvgIpc) is 2.60. The third kappa shape index (κ3) is 5.02. The molecule has 0 amide bonds. The van der Waals surface area contributed by atoms with Gasteiger partial charge in [-0.05, 0) is 46.4 Å². The quantitative estimate of drug-likeness (QED) is 0.259. The van der Waals surface area contributed by atoms with Gasteiger partial charge in [-0.3, -0.25) is 15.5 Å². The number of hydrogen-bond acceptors (Lipinski definition) is 8. The monoisotopic (exact) mass is 472 g/mol. The van der Waals surface area contributed by atoms with Crippen molar-refractivity contribution >= 4 is 46.3 Å². The Morgan fingerprint density at radius 2 is 2.31 bits per heavy atom. The second-order valence-corrected chi connectivity index (χ2v) is 5.88. The molecule has 1 aromatic carbocycles. The Bertz CT molecular complexity index is 858. The highest BCUT2D eigenvalue weighted by molar-refractivity contribution is 14.1. The lowest BCUT2D eigenvalue weighted by Crippen LogP contribution is -2.11. The van der Waals surface area contributed by atoms with Gasteiger partial charge in [-0.2, -0.15) is 5.10 Å². The van der Waals surface area contributed by atoms with E-state index in [0.717, 1.165) is 0 Å². The summed E-state index contributed by atoms with van der Waals surface area (Å²) < 4.78 is 11.0. The molecule has 0 radical (unpaired) electrons. The molecule has 0 saturated heterocycles. The number of rotatable bonds is 8. The van der Waals surface area contributed by atoms with Crippen LogP contribution in [-0.2, 0) is 4.79 Å². The summed E-state index contributed by atoms with van der Waals surface area (Å²) in [5.41, 5.74) is 2.93. The summed E-state index contributed by atoms with van der Waals surface area (Å²) in [6, 6.07) is 6.05. The Morgan fingerprint density at radius 1 is 1.54 bits per heavy atom. The standard InChI is InChI=1S/C15H13IN4O6/c1-25-12-6-9(5-10(16)14(12)26-8-13(21)22)7-18-19-15-11(20(23)24)3-2-4-17-15/h2-7H,8H2,1H3,(H,17,19)(H,21,22)/b18-7-. The first-order valence-electron chi connectivity index (χ1n) is 7.03. The molecule has 136 valence electrons. The largest absolute Gasteiger partial charge is 0.493 e. The molecule has 1 heterocycles. The number of nitro groups is 1. The van der Waals surface area contributed by atoms with Crippen molar-refractivity contribution in [3.8, 4) is 11.5 Å². The van der Waals surface area contributed by atoms with Crippen molar-refractivity contribution in [1.82, 2.24) is 4.98 Å². The molecule has 1 aromatic heterocycles. The van der Waals surface area contributed by atoms with Crippen LogP contribution < -0.4 is 14.9 Å². The normalized spacial score (nSPS) is 10.5. The highest BCUT2D eigenvalue weighted by Crippen LogP contribution is 2.33.